The molecule has 1 N–H and O–H groups in total. The Bertz CT molecular complexity index is 555. The van der Waals surface area contributed by atoms with Gasteiger partial charge in [-0.1, -0.05) is 30.3 Å². The van der Waals surface area contributed by atoms with Crippen molar-refractivity contribution in [2.45, 2.75) is 31.6 Å². The van der Waals surface area contributed by atoms with Crippen LogP contribution in [-0.2, 0) is 16.1 Å². The van der Waals surface area contributed by atoms with E-state index in [0.29, 0.717) is 26.2 Å². The van der Waals surface area contributed by atoms with Gasteiger partial charge in [-0.15, -0.1) is 0 Å². The number of carbonyl (C=O) groups excluding carboxylic acids is 2. The molecule has 6 nitrogen and oxygen atoms in total. The number of carbonyl (C=O) groups is 2. The van der Waals surface area contributed by atoms with Gasteiger partial charge < -0.3 is 19.9 Å². The van der Waals surface area contributed by atoms with Crippen LogP contribution >= 0.6 is 0 Å². The molecular formula is C17H23N3O3. The number of urea groups is 1. The number of nitrogens with zero attached hydrogens (tertiary/aromatic N) is 2. The zero-order valence-electron chi connectivity index (χ0n) is 13.4. The topological polar surface area (TPSA) is 61.9 Å². The van der Waals surface area contributed by atoms with Crippen LogP contribution in [0.2, 0.25) is 0 Å². The Hall–Kier alpha value is -2.08. The first kappa shape index (κ1) is 15.8. The number of likely N-dealkylation sites (tertiary alicyclic amines) is 1. The van der Waals surface area contributed by atoms with Gasteiger partial charge >= 0.3 is 6.03 Å². The van der Waals surface area contributed by atoms with E-state index in [1.54, 1.807) is 7.05 Å². The first-order valence-electron chi connectivity index (χ1n) is 8.09. The maximum absolute atomic E-state index is 12.4. The van der Waals surface area contributed by atoms with E-state index in [1.807, 2.05) is 23.1 Å². The van der Waals surface area contributed by atoms with Crippen molar-refractivity contribution in [1.29, 1.82) is 0 Å². The van der Waals surface area contributed by atoms with Gasteiger partial charge in [0.25, 0.3) is 0 Å². The van der Waals surface area contributed by atoms with Crippen LogP contribution in [0.25, 0.3) is 0 Å². The van der Waals surface area contributed by atoms with Crippen LogP contribution in [0.5, 0.6) is 0 Å². The van der Waals surface area contributed by atoms with Crippen molar-refractivity contribution in [3.05, 3.63) is 35.9 Å². The van der Waals surface area contributed by atoms with Crippen molar-refractivity contribution in [1.82, 2.24) is 15.1 Å². The van der Waals surface area contributed by atoms with E-state index in [-0.39, 0.29) is 18.0 Å². The van der Waals surface area contributed by atoms with E-state index >= 15 is 0 Å². The molecule has 6 heteroatoms. The number of ether oxygens (including phenoxy) is 1. The summed E-state index contributed by atoms with van der Waals surface area (Å²) in [6.45, 7) is 2.44. The number of benzene rings is 1. The summed E-state index contributed by atoms with van der Waals surface area (Å²) in [4.78, 5) is 27.3. The Kier molecular flexibility index (Phi) is 4.81. The van der Waals surface area contributed by atoms with Gasteiger partial charge in [-0.05, 0) is 18.4 Å². The van der Waals surface area contributed by atoms with Crippen molar-refractivity contribution in [2.24, 2.45) is 0 Å². The predicted molar refractivity (Wildman–Crippen MR) is 85.8 cm³/mol. The van der Waals surface area contributed by atoms with Crippen molar-refractivity contribution in [2.75, 3.05) is 26.7 Å². The smallest absolute Gasteiger partial charge is 0.317 e. The van der Waals surface area contributed by atoms with Crippen molar-refractivity contribution < 1.29 is 14.3 Å². The quantitative estimate of drug-likeness (QED) is 0.908. The maximum atomic E-state index is 12.4. The molecule has 124 valence electrons. The van der Waals surface area contributed by atoms with Crippen LogP contribution in [0, 0.1) is 0 Å². The van der Waals surface area contributed by atoms with Crippen LogP contribution < -0.4 is 5.32 Å². The van der Waals surface area contributed by atoms with E-state index in [2.05, 4.69) is 17.4 Å². The summed E-state index contributed by atoms with van der Waals surface area (Å²) < 4.78 is 5.94. The number of rotatable bonds is 4. The fourth-order valence-corrected chi connectivity index (χ4v) is 3.05. The molecule has 0 aliphatic carbocycles. The summed E-state index contributed by atoms with van der Waals surface area (Å²) >= 11 is 0. The molecule has 1 atom stereocenters. The average molecular weight is 317 g/mol. The first-order chi connectivity index (χ1) is 11.1. The molecule has 3 amide bonds. The minimum atomic E-state index is -0.408. The standard InChI is InChI=1S/C17H23N3O3/c1-19-11-15(18-17(19)22)16(21)20-9-7-14(8-10-20)23-12-13-5-3-2-4-6-13/h2-6,14-15H,7-12H2,1H3,(H,18,22)/t15-/m0/s1. The highest BCUT2D eigenvalue weighted by Crippen LogP contribution is 2.17. The van der Waals surface area contributed by atoms with E-state index in [4.69, 9.17) is 4.74 Å². The number of piperidine rings is 1. The number of hydrogen-bond donors (Lipinski definition) is 1. The molecule has 3 rings (SSSR count). The largest absolute Gasteiger partial charge is 0.373 e. The maximum Gasteiger partial charge on any atom is 0.317 e. The van der Waals surface area contributed by atoms with Crippen molar-refractivity contribution in [3.63, 3.8) is 0 Å². The van der Waals surface area contributed by atoms with E-state index < -0.39 is 6.04 Å². The normalized spacial score (nSPS) is 22.3. The Morgan fingerprint density at radius 1 is 1.26 bits per heavy atom. The molecule has 2 heterocycles. The number of nitrogens with one attached hydrogen (secondary N) is 1. The minimum Gasteiger partial charge on any atom is -0.373 e. The molecule has 0 radical (unpaired) electrons. The molecule has 0 aromatic heterocycles. The van der Waals surface area contributed by atoms with E-state index in [1.165, 1.54) is 10.5 Å². The predicted octanol–water partition coefficient (Wildman–Crippen LogP) is 1.22. The van der Waals surface area contributed by atoms with Crippen LogP contribution in [0.15, 0.2) is 30.3 Å². The Balaban J connectivity index is 1.43. The number of hydrogen-bond acceptors (Lipinski definition) is 3. The Morgan fingerprint density at radius 2 is 1.96 bits per heavy atom. The summed E-state index contributed by atoms with van der Waals surface area (Å²) in [5.74, 6) is 0.0178. The molecule has 0 saturated carbocycles. The van der Waals surface area contributed by atoms with E-state index in [9.17, 15) is 9.59 Å². The molecule has 0 unspecified atom stereocenters. The summed E-state index contributed by atoms with van der Waals surface area (Å²) in [5, 5.41) is 2.72. The number of amides is 3. The third-order valence-electron chi connectivity index (χ3n) is 4.48. The second kappa shape index (κ2) is 7.00. The molecular weight excluding hydrogens is 294 g/mol. The summed E-state index contributed by atoms with van der Waals surface area (Å²) in [6, 6.07) is 9.53. The van der Waals surface area contributed by atoms with Crippen LogP contribution in [-0.4, -0.2) is 60.6 Å². The molecule has 0 spiro atoms. The van der Waals surface area contributed by atoms with Crippen molar-refractivity contribution >= 4 is 11.9 Å². The van der Waals surface area contributed by atoms with Crippen LogP contribution in [0.1, 0.15) is 18.4 Å². The van der Waals surface area contributed by atoms with E-state index in [0.717, 1.165) is 12.8 Å². The molecule has 1 aromatic carbocycles. The lowest BCUT2D eigenvalue weighted by molar-refractivity contribution is -0.135. The second-order valence-corrected chi connectivity index (χ2v) is 6.20. The van der Waals surface area contributed by atoms with Gasteiger partial charge in [0.15, 0.2) is 0 Å². The number of likely N-dealkylation sites (N-methyl/N-ethyl adjacent to an activating group) is 1. The SMILES string of the molecule is CN1C[C@@H](C(=O)N2CCC(OCc3ccccc3)CC2)NC1=O. The lowest BCUT2D eigenvalue weighted by Crippen LogP contribution is -2.49. The Labute approximate surface area is 136 Å². The Morgan fingerprint density at radius 3 is 2.57 bits per heavy atom. The van der Waals surface area contributed by atoms with Gasteiger partial charge in [0, 0.05) is 20.1 Å². The minimum absolute atomic E-state index is 0.0178. The summed E-state index contributed by atoms with van der Waals surface area (Å²) in [7, 11) is 1.70. The fourth-order valence-electron chi connectivity index (χ4n) is 3.05. The molecule has 0 bridgehead atoms. The zero-order valence-corrected chi connectivity index (χ0v) is 13.4. The molecule has 2 fully saturated rings. The summed E-state index contributed by atoms with van der Waals surface area (Å²) in [5.41, 5.74) is 1.17. The average Bonchev–Trinajstić information content (AvgIpc) is 2.93. The van der Waals surface area contributed by atoms with Gasteiger partial charge in [-0.25, -0.2) is 4.79 Å². The lowest BCUT2D eigenvalue weighted by Gasteiger charge is -2.33. The molecule has 2 aliphatic rings. The van der Waals surface area contributed by atoms with Crippen LogP contribution in [0.4, 0.5) is 4.79 Å². The zero-order chi connectivity index (χ0) is 16.2. The summed E-state index contributed by atoms with van der Waals surface area (Å²) in [6.07, 6.45) is 1.88. The monoisotopic (exact) mass is 317 g/mol. The van der Waals surface area contributed by atoms with Gasteiger partial charge in [0.2, 0.25) is 5.91 Å². The molecule has 23 heavy (non-hydrogen) atoms. The highest BCUT2D eigenvalue weighted by molar-refractivity contribution is 5.90. The molecule has 2 saturated heterocycles. The lowest BCUT2D eigenvalue weighted by atomic mass is 10.1. The first-order valence-corrected chi connectivity index (χ1v) is 8.09. The third-order valence-corrected chi connectivity index (χ3v) is 4.48. The molecule has 1 aromatic rings. The highest BCUT2D eigenvalue weighted by atomic mass is 16.5. The second-order valence-electron chi connectivity index (χ2n) is 6.20. The van der Waals surface area contributed by atoms with Crippen LogP contribution in [0.3, 0.4) is 0 Å². The van der Waals surface area contributed by atoms with Gasteiger partial charge in [0.1, 0.15) is 6.04 Å². The third kappa shape index (κ3) is 3.82. The fraction of sp³-hybridized carbons (Fsp3) is 0.529. The highest BCUT2D eigenvalue weighted by Gasteiger charge is 2.35. The van der Waals surface area contributed by atoms with Crippen molar-refractivity contribution in [3.8, 4) is 0 Å². The van der Waals surface area contributed by atoms with Gasteiger partial charge in [-0.2, -0.15) is 0 Å². The van der Waals surface area contributed by atoms with Gasteiger partial charge in [0.05, 0.1) is 19.3 Å². The van der Waals surface area contributed by atoms with Gasteiger partial charge in [-0.3, -0.25) is 4.79 Å². The molecule has 2 aliphatic heterocycles.